The number of ether oxygens (including phenoxy) is 1. The summed E-state index contributed by atoms with van der Waals surface area (Å²) >= 11 is 0. The predicted molar refractivity (Wildman–Crippen MR) is 49.3 cm³/mol. The van der Waals surface area contributed by atoms with Gasteiger partial charge in [-0.15, -0.1) is 0 Å². The molecular formula is C10H17NO2. The highest BCUT2D eigenvalue weighted by Gasteiger charge is 2.33. The van der Waals surface area contributed by atoms with Gasteiger partial charge in [-0.3, -0.25) is 4.79 Å². The number of hydrogen-bond donors (Lipinski definition) is 0. The molecule has 0 spiro atoms. The van der Waals surface area contributed by atoms with Gasteiger partial charge in [-0.05, 0) is 39.3 Å². The van der Waals surface area contributed by atoms with Gasteiger partial charge in [0, 0.05) is 6.54 Å². The van der Waals surface area contributed by atoms with E-state index in [1.807, 2.05) is 0 Å². The SMILES string of the molecule is CN1CCCC(OC(=O)C2CC2)C1. The first-order valence-electron chi connectivity index (χ1n) is 5.15. The third kappa shape index (κ3) is 2.44. The Morgan fingerprint density at radius 3 is 2.77 bits per heavy atom. The molecule has 1 unspecified atom stereocenters. The van der Waals surface area contributed by atoms with Crippen LogP contribution in [-0.2, 0) is 9.53 Å². The molecule has 2 aliphatic rings. The number of carbonyl (C=O) groups is 1. The van der Waals surface area contributed by atoms with Gasteiger partial charge in [-0.2, -0.15) is 0 Å². The van der Waals surface area contributed by atoms with Crippen LogP contribution in [0.1, 0.15) is 25.7 Å². The zero-order valence-electron chi connectivity index (χ0n) is 8.16. The van der Waals surface area contributed by atoms with Gasteiger partial charge in [0.15, 0.2) is 0 Å². The molecule has 0 aromatic heterocycles. The van der Waals surface area contributed by atoms with Gasteiger partial charge in [0.05, 0.1) is 5.92 Å². The first-order chi connectivity index (χ1) is 6.25. The normalized spacial score (nSPS) is 30.1. The first-order valence-corrected chi connectivity index (χ1v) is 5.15. The van der Waals surface area contributed by atoms with Gasteiger partial charge < -0.3 is 9.64 Å². The van der Waals surface area contributed by atoms with Crippen molar-refractivity contribution in [3.05, 3.63) is 0 Å². The van der Waals surface area contributed by atoms with Crippen LogP contribution in [0.25, 0.3) is 0 Å². The Hall–Kier alpha value is -0.570. The summed E-state index contributed by atoms with van der Waals surface area (Å²) in [5, 5.41) is 0. The lowest BCUT2D eigenvalue weighted by Crippen LogP contribution is -2.38. The molecule has 2 fully saturated rings. The number of carbonyl (C=O) groups excluding carboxylic acids is 1. The third-order valence-corrected chi connectivity index (χ3v) is 2.77. The largest absolute Gasteiger partial charge is 0.461 e. The van der Waals surface area contributed by atoms with Gasteiger partial charge in [-0.25, -0.2) is 0 Å². The Morgan fingerprint density at radius 1 is 1.38 bits per heavy atom. The van der Waals surface area contributed by atoms with Crippen LogP contribution < -0.4 is 0 Å². The summed E-state index contributed by atoms with van der Waals surface area (Å²) in [6.45, 7) is 2.05. The maximum absolute atomic E-state index is 11.3. The van der Waals surface area contributed by atoms with Gasteiger partial charge >= 0.3 is 5.97 Å². The van der Waals surface area contributed by atoms with E-state index in [1.165, 1.54) is 0 Å². The number of hydrogen-bond acceptors (Lipinski definition) is 3. The van der Waals surface area contributed by atoms with E-state index in [0.29, 0.717) is 0 Å². The van der Waals surface area contributed by atoms with E-state index in [-0.39, 0.29) is 18.0 Å². The summed E-state index contributed by atoms with van der Waals surface area (Å²) < 4.78 is 5.41. The average molecular weight is 183 g/mol. The minimum atomic E-state index is 0.0419. The summed E-state index contributed by atoms with van der Waals surface area (Å²) in [6.07, 6.45) is 4.44. The van der Waals surface area contributed by atoms with Crippen LogP contribution in [0.4, 0.5) is 0 Å². The first kappa shape index (κ1) is 9.00. The second-order valence-corrected chi connectivity index (χ2v) is 4.24. The van der Waals surface area contributed by atoms with Crippen LogP contribution in [0.3, 0.4) is 0 Å². The molecule has 0 aromatic carbocycles. The van der Waals surface area contributed by atoms with E-state index >= 15 is 0 Å². The molecular weight excluding hydrogens is 166 g/mol. The molecule has 2 rings (SSSR count). The van der Waals surface area contributed by atoms with Crippen LogP contribution in [0.5, 0.6) is 0 Å². The fourth-order valence-corrected chi connectivity index (χ4v) is 1.79. The Bertz CT molecular complexity index is 201. The number of likely N-dealkylation sites (N-methyl/N-ethyl adjacent to an activating group) is 1. The zero-order valence-corrected chi connectivity index (χ0v) is 8.16. The van der Waals surface area contributed by atoms with Crippen molar-refractivity contribution in [2.75, 3.05) is 20.1 Å². The Morgan fingerprint density at radius 2 is 2.15 bits per heavy atom. The highest BCUT2D eigenvalue weighted by Crippen LogP contribution is 2.31. The summed E-state index contributed by atoms with van der Waals surface area (Å²) in [6, 6.07) is 0. The van der Waals surface area contributed by atoms with Crippen molar-refractivity contribution in [1.82, 2.24) is 4.90 Å². The summed E-state index contributed by atoms with van der Waals surface area (Å²) in [5.74, 6) is 0.285. The van der Waals surface area contributed by atoms with Crippen LogP contribution in [0.15, 0.2) is 0 Å². The lowest BCUT2D eigenvalue weighted by molar-refractivity contribution is -0.152. The smallest absolute Gasteiger partial charge is 0.309 e. The Kier molecular flexibility index (Phi) is 2.54. The number of piperidine rings is 1. The monoisotopic (exact) mass is 183 g/mol. The van der Waals surface area contributed by atoms with Gasteiger partial charge in [0.2, 0.25) is 0 Å². The number of esters is 1. The van der Waals surface area contributed by atoms with Crippen molar-refractivity contribution >= 4 is 5.97 Å². The molecule has 3 heteroatoms. The van der Waals surface area contributed by atoms with Crippen molar-refractivity contribution < 1.29 is 9.53 Å². The van der Waals surface area contributed by atoms with Crippen LogP contribution in [0, 0.1) is 5.92 Å². The highest BCUT2D eigenvalue weighted by molar-refractivity contribution is 5.75. The van der Waals surface area contributed by atoms with E-state index in [4.69, 9.17) is 4.74 Å². The maximum atomic E-state index is 11.3. The lowest BCUT2D eigenvalue weighted by Gasteiger charge is -2.29. The molecule has 1 heterocycles. The Labute approximate surface area is 79.0 Å². The van der Waals surface area contributed by atoms with Crippen LogP contribution in [-0.4, -0.2) is 37.1 Å². The van der Waals surface area contributed by atoms with Crippen molar-refractivity contribution in [1.29, 1.82) is 0 Å². The van der Waals surface area contributed by atoms with Crippen molar-refractivity contribution in [2.45, 2.75) is 31.8 Å². The molecule has 13 heavy (non-hydrogen) atoms. The van der Waals surface area contributed by atoms with Crippen molar-refractivity contribution in [2.24, 2.45) is 5.92 Å². The quantitative estimate of drug-likeness (QED) is 0.599. The second-order valence-electron chi connectivity index (χ2n) is 4.24. The fraction of sp³-hybridized carbons (Fsp3) is 0.900. The van der Waals surface area contributed by atoms with E-state index in [1.54, 1.807) is 0 Å². The van der Waals surface area contributed by atoms with Gasteiger partial charge in [0.1, 0.15) is 6.10 Å². The number of nitrogens with zero attached hydrogens (tertiary/aromatic N) is 1. The summed E-state index contributed by atoms with van der Waals surface area (Å²) in [4.78, 5) is 13.6. The average Bonchev–Trinajstić information content (AvgIpc) is 2.85. The molecule has 1 atom stereocenters. The summed E-state index contributed by atoms with van der Waals surface area (Å²) in [7, 11) is 2.08. The van der Waals surface area contributed by atoms with E-state index in [2.05, 4.69) is 11.9 Å². The molecule has 1 aliphatic carbocycles. The van der Waals surface area contributed by atoms with E-state index in [0.717, 1.165) is 38.8 Å². The van der Waals surface area contributed by atoms with Gasteiger partial charge in [-0.1, -0.05) is 0 Å². The molecule has 0 bridgehead atoms. The number of rotatable bonds is 2. The molecule has 0 amide bonds. The summed E-state index contributed by atoms with van der Waals surface area (Å²) in [5.41, 5.74) is 0. The van der Waals surface area contributed by atoms with Gasteiger partial charge in [0.25, 0.3) is 0 Å². The minimum absolute atomic E-state index is 0.0419. The lowest BCUT2D eigenvalue weighted by atomic mass is 10.1. The van der Waals surface area contributed by atoms with Crippen molar-refractivity contribution in [3.63, 3.8) is 0 Å². The number of likely N-dealkylation sites (tertiary alicyclic amines) is 1. The third-order valence-electron chi connectivity index (χ3n) is 2.77. The molecule has 3 nitrogen and oxygen atoms in total. The molecule has 1 aliphatic heterocycles. The molecule has 1 saturated carbocycles. The van der Waals surface area contributed by atoms with Crippen LogP contribution in [0.2, 0.25) is 0 Å². The fourth-order valence-electron chi connectivity index (χ4n) is 1.79. The molecule has 1 saturated heterocycles. The molecule has 74 valence electrons. The second kappa shape index (κ2) is 3.66. The topological polar surface area (TPSA) is 29.5 Å². The maximum Gasteiger partial charge on any atom is 0.309 e. The van der Waals surface area contributed by atoms with Crippen LogP contribution >= 0.6 is 0 Å². The Balaban J connectivity index is 1.76. The molecule has 0 aromatic rings. The van der Waals surface area contributed by atoms with E-state index in [9.17, 15) is 4.79 Å². The van der Waals surface area contributed by atoms with E-state index < -0.39 is 0 Å². The predicted octanol–water partition coefficient (Wildman–Crippen LogP) is 1.03. The standard InChI is InChI=1S/C10H17NO2/c1-11-6-2-3-9(7-11)13-10(12)8-4-5-8/h8-9H,2-7H2,1H3. The van der Waals surface area contributed by atoms with Crippen molar-refractivity contribution in [3.8, 4) is 0 Å². The molecule has 0 radical (unpaired) electrons. The minimum Gasteiger partial charge on any atom is -0.461 e. The highest BCUT2D eigenvalue weighted by atomic mass is 16.5. The zero-order chi connectivity index (χ0) is 9.26. The molecule has 0 N–H and O–H groups in total.